The quantitative estimate of drug-likeness (QED) is 0.679. The Bertz CT molecular complexity index is 629. The van der Waals surface area contributed by atoms with E-state index in [1.165, 1.54) is 12.1 Å². The second-order valence-electron chi connectivity index (χ2n) is 3.53. The van der Waals surface area contributed by atoms with Gasteiger partial charge in [0.15, 0.2) is 5.69 Å². The standard InChI is InChI=1S/C11H4Cl3F3N2/c12-5-1-6(9(14)8(13)2-5)7-3-18-4-19-10(7)11(15,16)17/h1-4H. The summed E-state index contributed by atoms with van der Waals surface area (Å²) in [5, 5.41) is 0.189. The van der Waals surface area contributed by atoms with E-state index in [9.17, 15) is 13.2 Å². The van der Waals surface area contributed by atoms with Gasteiger partial charge in [0.2, 0.25) is 0 Å². The zero-order chi connectivity index (χ0) is 14.2. The smallest absolute Gasteiger partial charge is 0.244 e. The normalized spacial score (nSPS) is 11.7. The first-order valence-electron chi connectivity index (χ1n) is 4.83. The summed E-state index contributed by atoms with van der Waals surface area (Å²) in [4.78, 5) is 6.83. The first-order valence-corrected chi connectivity index (χ1v) is 5.96. The van der Waals surface area contributed by atoms with Gasteiger partial charge in [-0.1, -0.05) is 34.8 Å². The molecule has 0 saturated heterocycles. The highest BCUT2D eigenvalue weighted by Gasteiger charge is 2.36. The molecular formula is C11H4Cl3F3N2. The summed E-state index contributed by atoms with van der Waals surface area (Å²) in [6.07, 6.45) is -2.80. The lowest BCUT2D eigenvalue weighted by Gasteiger charge is -2.13. The molecule has 1 aromatic heterocycles. The summed E-state index contributed by atoms with van der Waals surface area (Å²) in [6, 6.07) is 2.62. The number of halogens is 6. The number of rotatable bonds is 1. The molecule has 0 bridgehead atoms. The monoisotopic (exact) mass is 326 g/mol. The molecular weight excluding hydrogens is 323 g/mol. The van der Waals surface area contributed by atoms with Crippen molar-refractivity contribution in [1.82, 2.24) is 9.97 Å². The minimum absolute atomic E-state index is 0.0343. The SMILES string of the molecule is FC(F)(F)c1ncncc1-c1cc(Cl)cc(Cl)c1Cl. The first-order chi connectivity index (χ1) is 8.80. The summed E-state index contributed by atoms with van der Waals surface area (Å²) in [5.41, 5.74) is -1.33. The van der Waals surface area contributed by atoms with Gasteiger partial charge in [-0.2, -0.15) is 13.2 Å². The van der Waals surface area contributed by atoms with E-state index in [1.807, 2.05) is 0 Å². The van der Waals surface area contributed by atoms with E-state index < -0.39 is 11.9 Å². The molecule has 2 aromatic rings. The van der Waals surface area contributed by atoms with E-state index in [0.717, 1.165) is 12.5 Å². The highest BCUT2D eigenvalue weighted by Crippen LogP contribution is 2.41. The average Bonchev–Trinajstić information content (AvgIpc) is 2.33. The third-order valence-corrected chi connectivity index (χ3v) is 3.28. The molecule has 0 atom stereocenters. The molecule has 0 spiro atoms. The van der Waals surface area contributed by atoms with Crippen LogP contribution in [0.15, 0.2) is 24.7 Å². The van der Waals surface area contributed by atoms with E-state index in [-0.39, 0.29) is 26.2 Å². The van der Waals surface area contributed by atoms with Crippen molar-refractivity contribution >= 4 is 34.8 Å². The van der Waals surface area contributed by atoms with Crippen molar-refractivity contribution in [2.45, 2.75) is 6.18 Å². The highest BCUT2D eigenvalue weighted by atomic mass is 35.5. The van der Waals surface area contributed by atoms with Crippen LogP contribution in [0.4, 0.5) is 13.2 Å². The van der Waals surface area contributed by atoms with Gasteiger partial charge in [0, 0.05) is 22.3 Å². The first kappa shape index (κ1) is 14.4. The zero-order valence-corrected chi connectivity index (χ0v) is 11.2. The van der Waals surface area contributed by atoms with Crippen LogP contribution in [0.5, 0.6) is 0 Å². The van der Waals surface area contributed by atoms with Crippen LogP contribution in [-0.4, -0.2) is 9.97 Å². The Balaban J connectivity index is 2.73. The lowest BCUT2D eigenvalue weighted by molar-refractivity contribution is -0.140. The Hall–Kier alpha value is -1.04. The minimum Gasteiger partial charge on any atom is -0.244 e. The molecule has 0 N–H and O–H groups in total. The molecule has 1 heterocycles. The molecule has 2 nitrogen and oxygen atoms in total. The van der Waals surface area contributed by atoms with E-state index >= 15 is 0 Å². The van der Waals surface area contributed by atoms with Gasteiger partial charge in [0.05, 0.1) is 10.0 Å². The van der Waals surface area contributed by atoms with E-state index in [2.05, 4.69) is 9.97 Å². The van der Waals surface area contributed by atoms with Gasteiger partial charge >= 0.3 is 6.18 Å². The fraction of sp³-hybridized carbons (Fsp3) is 0.0909. The number of benzene rings is 1. The molecule has 0 amide bonds. The van der Waals surface area contributed by atoms with Crippen molar-refractivity contribution in [2.24, 2.45) is 0 Å². The topological polar surface area (TPSA) is 25.8 Å². The Morgan fingerprint density at radius 1 is 1.00 bits per heavy atom. The highest BCUT2D eigenvalue weighted by molar-refractivity contribution is 6.45. The fourth-order valence-corrected chi connectivity index (χ4v) is 2.21. The zero-order valence-electron chi connectivity index (χ0n) is 8.97. The van der Waals surface area contributed by atoms with Crippen LogP contribution >= 0.6 is 34.8 Å². The fourth-order valence-electron chi connectivity index (χ4n) is 1.50. The van der Waals surface area contributed by atoms with E-state index in [0.29, 0.717) is 0 Å². The molecule has 0 aliphatic heterocycles. The lowest BCUT2D eigenvalue weighted by atomic mass is 10.1. The molecule has 0 radical (unpaired) electrons. The third kappa shape index (κ3) is 2.94. The molecule has 0 saturated carbocycles. The molecule has 0 aliphatic rings. The Kier molecular flexibility index (Phi) is 3.90. The van der Waals surface area contributed by atoms with Crippen molar-refractivity contribution in [3.8, 4) is 11.1 Å². The average molecular weight is 328 g/mol. The summed E-state index contributed by atoms with van der Waals surface area (Å²) in [5.74, 6) is 0. The predicted molar refractivity (Wildman–Crippen MR) is 67.5 cm³/mol. The van der Waals surface area contributed by atoms with Gasteiger partial charge < -0.3 is 0 Å². The van der Waals surface area contributed by atoms with Crippen LogP contribution in [0.2, 0.25) is 15.1 Å². The Morgan fingerprint density at radius 3 is 2.32 bits per heavy atom. The lowest BCUT2D eigenvalue weighted by Crippen LogP contribution is -2.10. The molecule has 100 valence electrons. The van der Waals surface area contributed by atoms with Crippen molar-refractivity contribution in [2.75, 3.05) is 0 Å². The predicted octanol–water partition coefficient (Wildman–Crippen LogP) is 5.12. The number of nitrogens with zero attached hydrogens (tertiary/aromatic N) is 2. The van der Waals surface area contributed by atoms with Gasteiger partial charge in [-0.3, -0.25) is 0 Å². The van der Waals surface area contributed by atoms with Crippen LogP contribution in [0.25, 0.3) is 11.1 Å². The summed E-state index contributed by atoms with van der Waals surface area (Å²) in [7, 11) is 0. The number of aromatic nitrogens is 2. The van der Waals surface area contributed by atoms with Gasteiger partial charge in [0.1, 0.15) is 6.33 Å². The molecule has 0 unspecified atom stereocenters. The van der Waals surface area contributed by atoms with Gasteiger partial charge in [-0.25, -0.2) is 9.97 Å². The summed E-state index contributed by atoms with van der Waals surface area (Å²) < 4.78 is 38.6. The number of hydrogen-bond donors (Lipinski definition) is 0. The van der Waals surface area contributed by atoms with Gasteiger partial charge in [0.25, 0.3) is 0 Å². The molecule has 1 aromatic carbocycles. The summed E-state index contributed by atoms with van der Waals surface area (Å²) >= 11 is 17.5. The maximum absolute atomic E-state index is 12.9. The molecule has 2 rings (SSSR count). The summed E-state index contributed by atoms with van der Waals surface area (Å²) in [6.45, 7) is 0. The van der Waals surface area contributed by atoms with Crippen LogP contribution in [0.3, 0.4) is 0 Å². The Morgan fingerprint density at radius 2 is 1.68 bits per heavy atom. The second-order valence-corrected chi connectivity index (χ2v) is 4.75. The van der Waals surface area contributed by atoms with Crippen molar-refractivity contribution in [3.63, 3.8) is 0 Å². The van der Waals surface area contributed by atoms with Crippen molar-refractivity contribution in [3.05, 3.63) is 45.4 Å². The molecule has 0 aliphatic carbocycles. The van der Waals surface area contributed by atoms with Gasteiger partial charge in [-0.15, -0.1) is 0 Å². The number of hydrogen-bond acceptors (Lipinski definition) is 2. The van der Waals surface area contributed by atoms with Crippen molar-refractivity contribution < 1.29 is 13.2 Å². The van der Waals surface area contributed by atoms with Gasteiger partial charge in [-0.05, 0) is 12.1 Å². The maximum Gasteiger partial charge on any atom is 0.434 e. The van der Waals surface area contributed by atoms with Crippen LogP contribution < -0.4 is 0 Å². The maximum atomic E-state index is 12.9. The Labute approximate surface area is 121 Å². The molecule has 8 heteroatoms. The molecule has 19 heavy (non-hydrogen) atoms. The van der Waals surface area contributed by atoms with E-state index in [1.54, 1.807) is 0 Å². The van der Waals surface area contributed by atoms with Crippen LogP contribution in [-0.2, 0) is 6.18 Å². The third-order valence-electron chi connectivity index (χ3n) is 2.26. The molecule has 0 fully saturated rings. The number of alkyl halides is 3. The largest absolute Gasteiger partial charge is 0.434 e. The second kappa shape index (κ2) is 5.15. The van der Waals surface area contributed by atoms with Crippen LogP contribution in [0.1, 0.15) is 5.69 Å². The van der Waals surface area contributed by atoms with E-state index in [4.69, 9.17) is 34.8 Å². The minimum atomic E-state index is -4.63. The van der Waals surface area contributed by atoms with Crippen LogP contribution in [0, 0.1) is 0 Å². The van der Waals surface area contributed by atoms with Crippen molar-refractivity contribution in [1.29, 1.82) is 0 Å².